The van der Waals surface area contributed by atoms with E-state index in [-0.39, 0.29) is 54.7 Å². The first kappa shape index (κ1) is 29.0. The van der Waals surface area contributed by atoms with Crippen molar-refractivity contribution in [2.75, 3.05) is 18.5 Å². The number of aliphatic hydroxyl groups is 3. The van der Waals surface area contributed by atoms with Crippen LogP contribution in [0.1, 0.15) is 90.6 Å². The van der Waals surface area contributed by atoms with Crippen LogP contribution in [0.2, 0.25) is 0 Å². The van der Waals surface area contributed by atoms with Crippen molar-refractivity contribution < 1.29 is 24.9 Å². The Kier molecular flexibility index (Phi) is 8.60. The monoisotopic (exact) mass is 523 g/mol. The van der Waals surface area contributed by atoms with E-state index >= 15 is 0 Å². The van der Waals surface area contributed by atoms with Crippen molar-refractivity contribution in [3.63, 3.8) is 0 Å². The molecular formula is C27H45N3O5S. The van der Waals surface area contributed by atoms with Gasteiger partial charge in [-0.3, -0.25) is 9.59 Å². The molecule has 6 atom stereocenters. The number of carbonyl (C=O) groups is 2. The lowest BCUT2D eigenvalue weighted by molar-refractivity contribution is -0.144. The van der Waals surface area contributed by atoms with Gasteiger partial charge in [0.15, 0.2) is 5.13 Å². The number of nitrogens with one attached hydrogen (secondary N) is 2. The maximum absolute atomic E-state index is 13.3. The molecule has 2 aliphatic carbocycles. The molecule has 1 saturated carbocycles. The summed E-state index contributed by atoms with van der Waals surface area (Å²) in [5.41, 5.74) is -0.809. The molecule has 2 aliphatic rings. The van der Waals surface area contributed by atoms with Crippen LogP contribution in [0.4, 0.5) is 5.13 Å². The number of aromatic nitrogens is 1. The summed E-state index contributed by atoms with van der Waals surface area (Å²) in [5, 5.41) is 37.6. The van der Waals surface area contributed by atoms with Gasteiger partial charge in [-0.2, -0.15) is 0 Å². The Hall–Kier alpha value is -1.55. The van der Waals surface area contributed by atoms with E-state index in [1.165, 1.54) is 11.3 Å². The smallest absolute Gasteiger partial charge is 0.231 e. The fraction of sp³-hybridized carbons (Fsp3) is 0.815. The average Bonchev–Trinajstić information content (AvgIpc) is 3.18. The predicted molar refractivity (Wildman–Crippen MR) is 142 cm³/mol. The summed E-state index contributed by atoms with van der Waals surface area (Å²) in [6, 6.07) is -0.308. The number of rotatable bonds is 8. The summed E-state index contributed by atoms with van der Waals surface area (Å²) in [5.74, 6) is -0.220. The van der Waals surface area contributed by atoms with Crippen molar-refractivity contribution >= 4 is 28.3 Å². The highest BCUT2D eigenvalue weighted by molar-refractivity contribution is 7.15. The summed E-state index contributed by atoms with van der Waals surface area (Å²) >= 11 is 1.43. The summed E-state index contributed by atoms with van der Waals surface area (Å²) in [6.45, 7) is 13.5. The molecule has 8 nitrogen and oxygen atoms in total. The molecule has 0 radical (unpaired) electrons. The Labute approximate surface area is 219 Å². The zero-order valence-corrected chi connectivity index (χ0v) is 23.7. The first-order chi connectivity index (χ1) is 16.7. The van der Waals surface area contributed by atoms with Crippen LogP contribution in [0.15, 0.2) is 0 Å². The first-order valence-electron chi connectivity index (χ1n) is 13.2. The largest absolute Gasteiger partial charge is 0.396 e. The van der Waals surface area contributed by atoms with Gasteiger partial charge >= 0.3 is 0 Å². The molecule has 1 heterocycles. The Morgan fingerprint density at radius 1 is 1.22 bits per heavy atom. The van der Waals surface area contributed by atoms with Gasteiger partial charge in [-0.1, -0.05) is 48.5 Å². The normalized spacial score (nSPS) is 30.9. The van der Waals surface area contributed by atoms with E-state index in [9.17, 15) is 24.9 Å². The van der Waals surface area contributed by atoms with Crippen LogP contribution in [0.5, 0.6) is 0 Å². The Balaban J connectivity index is 1.99. The van der Waals surface area contributed by atoms with Gasteiger partial charge in [-0.05, 0) is 42.9 Å². The van der Waals surface area contributed by atoms with E-state index in [4.69, 9.17) is 4.98 Å². The molecule has 5 N–H and O–H groups in total. The number of hydrogen-bond acceptors (Lipinski definition) is 7. The van der Waals surface area contributed by atoms with Gasteiger partial charge in [-0.25, -0.2) is 4.98 Å². The number of fused-ring (bicyclic) bond motifs is 2. The summed E-state index contributed by atoms with van der Waals surface area (Å²) < 4.78 is 0. The van der Waals surface area contributed by atoms with E-state index < -0.39 is 16.9 Å². The number of aliphatic hydroxyl groups excluding tert-OH is 3. The lowest BCUT2D eigenvalue weighted by Crippen LogP contribution is -2.58. The minimum Gasteiger partial charge on any atom is -0.396 e. The number of amides is 2. The second kappa shape index (κ2) is 10.7. The van der Waals surface area contributed by atoms with Crippen molar-refractivity contribution in [3.8, 4) is 0 Å². The van der Waals surface area contributed by atoms with Crippen molar-refractivity contribution in [1.29, 1.82) is 0 Å². The highest BCUT2D eigenvalue weighted by Gasteiger charge is 2.59. The molecule has 1 aromatic rings. The van der Waals surface area contributed by atoms with Crippen LogP contribution in [-0.2, 0) is 16.0 Å². The van der Waals surface area contributed by atoms with Crippen LogP contribution < -0.4 is 10.6 Å². The van der Waals surface area contributed by atoms with Crippen LogP contribution >= 0.6 is 11.3 Å². The number of carbonyl (C=O) groups excluding carboxylic acids is 2. The second-order valence-electron chi connectivity index (χ2n) is 12.8. The molecule has 9 heteroatoms. The quantitative estimate of drug-likeness (QED) is 0.355. The van der Waals surface area contributed by atoms with Gasteiger partial charge in [0.25, 0.3) is 0 Å². The van der Waals surface area contributed by atoms with Crippen molar-refractivity contribution in [2.24, 2.45) is 28.1 Å². The summed E-state index contributed by atoms with van der Waals surface area (Å²) in [6.07, 6.45) is 2.14. The fourth-order valence-corrected chi connectivity index (χ4v) is 7.27. The Bertz CT molecular complexity index is 958. The molecule has 0 bridgehead atoms. The lowest BCUT2D eigenvalue weighted by Gasteiger charge is -2.58. The fourth-order valence-electron chi connectivity index (χ4n) is 6.20. The van der Waals surface area contributed by atoms with Gasteiger partial charge in [0.2, 0.25) is 11.8 Å². The van der Waals surface area contributed by atoms with E-state index in [1.807, 2.05) is 27.7 Å². The SMILES string of the molecule is CC(C)C[C@H](CO)NC(=O)C[C@@H]1c2nc(NC(=O)C(C)(C)C)sc2C[C@@H]2[C@](C)(CO)[C@H](O)CC[C@]21C. The molecule has 204 valence electrons. The summed E-state index contributed by atoms with van der Waals surface area (Å²) in [4.78, 5) is 31.8. The number of nitrogens with zero attached hydrogens (tertiary/aromatic N) is 1. The van der Waals surface area contributed by atoms with Crippen LogP contribution in [0.3, 0.4) is 0 Å². The van der Waals surface area contributed by atoms with Crippen molar-refractivity contribution in [3.05, 3.63) is 10.6 Å². The molecule has 1 aromatic heterocycles. The molecule has 0 aliphatic heterocycles. The molecular weight excluding hydrogens is 478 g/mol. The second-order valence-corrected chi connectivity index (χ2v) is 13.9. The van der Waals surface area contributed by atoms with Crippen LogP contribution in [0.25, 0.3) is 0 Å². The zero-order valence-electron chi connectivity index (χ0n) is 22.9. The first-order valence-corrected chi connectivity index (χ1v) is 14.0. The molecule has 0 aromatic carbocycles. The standard InChI is InChI=1S/C27H45N3O5S/c1-15(2)10-16(13-31)28-21(34)11-17-22-18(36-24(29-22)30-23(35)25(3,4)5)12-19-26(17,6)9-8-20(33)27(19,7)14-32/h15-17,19-20,31-33H,8-14H2,1-7H3,(H,28,34)(H,29,30,35)/t16-,17-,19+,20-,26+,27+/m1/s1. The molecule has 36 heavy (non-hydrogen) atoms. The number of hydrogen-bond donors (Lipinski definition) is 5. The predicted octanol–water partition coefficient (Wildman–Crippen LogP) is 3.46. The molecule has 1 fully saturated rings. The van der Waals surface area contributed by atoms with E-state index in [2.05, 4.69) is 31.4 Å². The molecule has 0 spiro atoms. The lowest BCUT2D eigenvalue weighted by atomic mass is 9.47. The third-order valence-electron chi connectivity index (χ3n) is 8.53. The zero-order chi connectivity index (χ0) is 27.1. The number of anilines is 1. The van der Waals surface area contributed by atoms with Crippen molar-refractivity contribution in [2.45, 2.75) is 98.6 Å². The third kappa shape index (κ3) is 5.64. The Morgan fingerprint density at radius 2 is 1.89 bits per heavy atom. The number of thiazole rings is 1. The van der Waals surface area contributed by atoms with E-state index in [0.29, 0.717) is 36.7 Å². The minimum atomic E-state index is -0.705. The third-order valence-corrected chi connectivity index (χ3v) is 9.54. The topological polar surface area (TPSA) is 132 Å². The van der Waals surface area contributed by atoms with Gasteiger partial charge < -0.3 is 26.0 Å². The highest BCUT2D eigenvalue weighted by atomic mass is 32.1. The summed E-state index contributed by atoms with van der Waals surface area (Å²) in [7, 11) is 0. The van der Waals surface area contributed by atoms with E-state index in [1.54, 1.807) is 0 Å². The van der Waals surface area contributed by atoms with E-state index in [0.717, 1.165) is 10.6 Å². The maximum atomic E-state index is 13.3. The molecule has 0 saturated heterocycles. The average molecular weight is 524 g/mol. The Morgan fingerprint density at radius 3 is 2.44 bits per heavy atom. The van der Waals surface area contributed by atoms with Gasteiger partial charge in [0, 0.05) is 28.0 Å². The van der Waals surface area contributed by atoms with Crippen molar-refractivity contribution in [1.82, 2.24) is 10.3 Å². The molecule has 3 rings (SSSR count). The molecule has 2 amide bonds. The van der Waals surface area contributed by atoms with Gasteiger partial charge in [-0.15, -0.1) is 11.3 Å². The minimum absolute atomic E-state index is 0.0556. The maximum Gasteiger partial charge on any atom is 0.231 e. The van der Waals surface area contributed by atoms with Gasteiger partial charge in [0.1, 0.15) is 0 Å². The van der Waals surface area contributed by atoms with Crippen LogP contribution in [0, 0.1) is 28.1 Å². The highest BCUT2D eigenvalue weighted by Crippen LogP contribution is 2.62. The van der Waals surface area contributed by atoms with Gasteiger partial charge in [0.05, 0.1) is 31.1 Å². The van der Waals surface area contributed by atoms with Crippen LogP contribution in [-0.4, -0.2) is 57.5 Å². The molecule has 0 unspecified atom stereocenters.